The number of carboxylic acids is 1. The molecule has 0 fully saturated rings. The largest absolute Gasteiger partial charge is 0.478 e. The van der Waals surface area contributed by atoms with E-state index in [0.29, 0.717) is 5.75 Å². The molecular weight excluding hydrogens is 260 g/mol. The molecule has 1 aromatic rings. The van der Waals surface area contributed by atoms with Gasteiger partial charge in [-0.05, 0) is 24.1 Å². The van der Waals surface area contributed by atoms with Crippen molar-refractivity contribution in [1.82, 2.24) is 0 Å². The molecule has 0 radical (unpaired) electrons. The molecule has 3 nitrogen and oxygen atoms in total. The van der Waals surface area contributed by atoms with Crippen LogP contribution in [-0.4, -0.2) is 21.0 Å². The first kappa shape index (κ1) is 15.9. The Kier molecular flexibility index (Phi) is 7.41. The van der Waals surface area contributed by atoms with Gasteiger partial charge in [0.1, 0.15) is 0 Å². The van der Waals surface area contributed by atoms with Gasteiger partial charge in [0, 0.05) is 22.3 Å². The summed E-state index contributed by atoms with van der Waals surface area (Å²) in [4.78, 5) is 10.7. The van der Waals surface area contributed by atoms with Crippen LogP contribution in [0.3, 0.4) is 0 Å². The Labute approximate surface area is 117 Å². The minimum absolute atomic E-state index is 0.272. The van der Waals surface area contributed by atoms with E-state index in [-0.39, 0.29) is 5.56 Å². The van der Waals surface area contributed by atoms with Crippen molar-refractivity contribution in [3.63, 3.8) is 0 Å². The van der Waals surface area contributed by atoms with Gasteiger partial charge in [0.05, 0.1) is 5.56 Å². The standard InChI is InChI=1S/C15H22O3S/c1-2-3-4-5-6-11-19(18)12-13-7-9-14(10-8-13)15(16)17/h7-10H,2-6,11-12H2,1H3,(H,16,17). The van der Waals surface area contributed by atoms with Crippen molar-refractivity contribution in [1.29, 1.82) is 0 Å². The highest BCUT2D eigenvalue weighted by atomic mass is 32.2. The predicted molar refractivity (Wildman–Crippen MR) is 78.9 cm³/mol. The average Bonchev–Trinajstić information content (AvgIpc) is 2.39. The lowest BCUT2D eigenvalue weighted by atomic mass is 10.1. The number of aromatic carboxylic acids is 1. The Morgan fingerprint density at radius 1 is 1.11 bits per heavy atom. The zero-order valence-electron chi connectivity index (χ0n) is 11.4. The van der Waals surface area contributed by atoms with E-state index >= 15 is 0 Å². The average molecular weight is 282 g/mol. The third kappa shape index (κ3) is 6.53. The van der Waals surface area contributed by atoms with E-state index in [1.54, 1.807) is 24.3 Å². The van der Waals surface area contributed by atoms with Gasteiger partial charge in [-0.1, -0.05) is 44.7 Å². The van der Waals surface area contributed by atoms with Gasteiger partial charge < -0.3 is 5.11 Å². The van der Waals surface area contributed by atoms with Gasteiger partial charge in [-0.2, -0.15) is 0 Å². The topological polar surface area (TPSA) is 54.4 Å². The SMILES string of the molecule is CCCCCCCS(=O)Cc1ccc(C(=O)O)cc1. The number of rotatable bonds is 9. The smallest absolute Gasteiger partial charge is 0.335 e. The zero-order chi connectivity index (χ0) is 14.1. The predicted octanol–water partition coefficient (Wildman–Crippen LogP) is 3.60. The molecule has 0 saturated heterocycles. The number of carbonyl (C=O) groups is 1. The van der Waals surface area contributed by atoms with Crippen molar-refractivity contribution < 1.29 is 14.1 Å². The number of benzene rings is 1. The van der Waals surface area contributed by atoms with Crippen LogP contribution in [0.5, 0.6) is 0 Å². The molecule has 1 aromatic carbocycles. The van der Waals surface area contributed by atoms with Gasteiger partial charge in [-0.25, -0.2) is 4.79 Å². The molecule has 0 aliphatic heterocycles. The first-order chi connectivity index (χ1) is 9.13. The van der Waals surface area contributed by atoms with E-state index in [4.69, 9.17) is 5.11 Å². The van der Waals surface area contributed by atoms with E-state index in [1.165, 1.54) is 19.3 Å². The molecule has 1 unspecified atom stereocenters. The van der Waals surface area contributed by atoms with Gasteiger partial charge in [-0.15, -0.1) is 0 Å². The highest BCUT2D eigenvalue weighted by molar-refractivity contribution is 7.84. The molecule has 19 heavy (non-hydrogen) atoms. The molecule has 4 heteroatoms. The van der Waals surface area contributed by atoms with Crippen molar-refractivity contribution >= 4 is 16.8 Å². The summed E-state index contributed by atoms with van der Waals surface area (Å²) in [6, 6.07) is 6.63. The lowest BCUT2D eigenvalue weighted by molar-refractivity contribution is 0.0697. The van der Waals surface area contributed by atoms with E-state index < -0.39 is 16.8 Å². The van der Waals surface area contributed by atoms with Gasteiger partial charge in [0.15, 0.2) is 0 Å². The van der Waals surface area contributed by atoms with Gasteiger partial charge >= 0.3 is 5.97 Å². The Morgan fingerprint density at radius 2 is 1.74 bits per heavy atom. The maximum atomic E-state index is 11.9. The van der Waals surface area contributed by atoms with Crippen molar-refractivity contribution in [2.24, 2.45) is 0 Å². The van der Waals surface area contributed by atoms with Crippen LogP contribution >= 0.6 is 0 Å². The van der Waals surface area contributed by atoms with Crippen molar-refractivity contribution in [2.45, 2.75) is 44.8 Å². The second-order valence-electron chi connectivity index (χ2n) is 4.70. The summed E-state index contributed by atoms with van der Waals surface area (Å²) in [6.45, 7) is 2.18. The summed E-state index contributed by atoms with van der Waals surface area (Å²) in [6.07, 6.45) is 5.86. The molecule has 0 aromatic heterocycles. The van der Waals surface area contributed by atoms with Crippen LogP contribution in [-0.2, 0) is 16.6 Å². The third-order valence-electron chi connectivity index (χ3n) is 3.00. The molecule has 0 spiro atoms. The van der Waals surface area contributed by atoms with E-state index in [0.717, 1.165) is 24.2 Å². The molecular formula is C15H22O3S. The highest BCUT2D eigenvalue weighted by Crippen LogP contribution is 2.09. The molecule has 1 rings (SSSR count). The van der Waals surface area contributed by atoms with Crippen LogP contribution in [0.1, 0.15) is 54.9 Å². The van der Waals surface area contributed by atoms with Crippen LogP contribution in [0, 0.1) is 0 Å². The maximum Gasteiger partial charge on any atom is 0.335 e. The normalized spacial score (nSPS) is 12.3. The van der Waals surface area contributed by atoms with Gasteiger partial charge in [-0.3, -0.25) is 4.21 Å². The van der Waals surface area contributed by atoms with Crippen molar-refractivity contribution in [3.05, 3.63) is 35.4 Å². The molecule has 0 amide bonds. The third-order valence-corrected chi connectivity index (χ3v) is 4.40. The maximum absolute atomic E-state index is 11.9. The first-order valence-corrected chi connectivity index (χ1v) is 8.29. The van der Waals surface area contributed by atoms with Gasteiger partial charge in [0.25, 0.3) is 0 Å². The monoisotopic (exact) mass is 282 g/mol. The molecule has 0 saturated carbocycles. The van der Waals surface area contributed by atoms with Gasteiger partial charge in [0.2, 0.25) is 0 Å². The summed E-state index contributed by atoms with van der Waals surface area (Å²) < 4.78 is 11.9. The summed E-state index contributed by atoms with van der Waals surface area (Å²) in [5.41, 5.74) is 1.21. The Morgan fingerprint density at radius 3 is 2.32 bits per heavy atom. The summed E-state index contributed by atoms with van der Waals surface area (Å²) in [7, 11) is -0.841. The Hall–Kier alpha value is -1.16. The Balaban J connectivity index is 2.30. The first-order valence-electron chi connectivity index (χ1n) is 6.80. The van der Waals surface area contributed by atoms with E-state index in [9.17, 15) is 9.00 Å². The summed E-state index contributed by atoms with van der Waals surface area (Å²) in [5, 5.41) is 8.78. The molecule has 0 bridgehead atoms. The number of hydrogen-bond acceptors (Lipinski definition) is 2. The number of unbranched alkanes of at least 4 members (excludes halogenated alkanes) is 4. The zero-order valence-corrected chi connectivity index (χ0v) is 12.2. The lowest BCUT2D eigenvalue weighted by Gasteiger charge is -2.03. The molecule has 1 N–H and O–H groups in total. The van der Waals surface area contributed by atoms with Crippen molar-refractivity contribution in [3.8, 4) is 0 Å². The second-order valence-corrected chi connectivity index (χ2v) is 6.28. The second kappa shape index (κ2) is 8.86. The van der Waals surface area contributed by atoms with Crippen LogP contribution in [0.2, 0.25) is 0 Å². The van der Waals surface area contributed by atoms with Crippen LogP contribution in [0.25, 0.3) is 0 Å². The molecule has 1 atom stereocenters. The lowest BCUT2D eigenvalue weighted by Crippen LogP contribution is -2.02. The minimum Gasteiger partial charge on any atom is -0.478 e. The summed E-state index contributed by atoms with van der Waals surface area (Å²) in [5.74, 6) is 0.335. The van der Waals surface area contributed by atoms with E-state index in [2.05, 4.69) is 6.92 Å². The molecule has 106 valence electrons. The fraction of sp³-hybridized carbons (Fsp3) is 0.533. The molecule has 0 aliphatic rings. The number of carboxylic acid groups (broad SMARTS) is 1. The Bertz CT molecular complexity index is 412. The summed E-state index contributed by atoms with van der Waals surface area (Å²) >= 11 is 0. The van der Waals surface area contributed by atoms with Crippen LogP contribution in [0.4, 0.5) is 0 Å². The van der Waals surface area contributed by atoms with Crippen LogP contribution in [0.15, 0.2) is 24.3 Å². The quantitative estimate of drug-likeness (QED) is 0.704. The highest BCUT2D eigenvalue weighted by Gasteiger charge is 2.04. The fourth-order valence-corrected chi connectivity index (χ4v) is 3.10. The molecule has 0 heterocycles. The van der Waals surface area contributed by atoms with Crippen LogP contribution < -0.4 is 0 Å². The van der Waals surface area contributed by atoms with Crippen molar-refractivity contribution in [2.75, 3.05) is 5.75 Å². The number of hydrogen-bond donors (Lipinski definition) is 1. The minimum atomic E-state index is -0.927. The fourth-order valence-electron chi connectivity index (χ4n) is 1.87. The molecule has 0 aliphatic carbocycles. The van der Waals surface area contributed by atoms with E-state index in [1.807, 2.05) is 0 Å².